The first-order chi connectivity index (χ1) is 3.93. The Balaban J connectivity index is 2.63. The summed E-state index contributed by atoms with van der Waals surface area (Å²) in [6.45, 7) is 0.243. The van der Waals surface area contributed by atoms with Crippen LogP contribution in [-0.2, 0) is 9.63 Å². The Morgan fingerprint density at radius 1 is 1.88 bits per heavy atom. The second-order valence-corrected chi connectivity index (χ2v) is 1.29. The van der Waals surface area contributed by atoms with Gasteiger partial charge >= 0.3 is 0 Å². The van der Waals surface area contributed by atoms with E-state index in [4.69, 9.17) is 0 Å². The molecule has 0 aromatic carbocycles. The minimum absolute atomic E-state index is 0.243. The largest absolute Gasteiger partial charge is 0.374 e. The Kier molecular flexibility index (Phi) is 1.37. The summed E-state index contributed by atoms with van der Waals surface area (Å²) >= 11 is 0. The molecule has 0 spiro atoms. The van der Waals surface area contributed by atoms with Gasteiger partial charge in [0, 0.05) is 5.28 Å². The van der Waals surface area contributed by atoms with E-state index >= 15 is 0 Å². The van der Waals surface area contributed by atoms with Crippen LogP contribution in [0.4, 0.5) is 0 Å². The molecule has 0 radical (unpaired) electrons. The SMILES string of the molecule is O=CC1=CN=NOC1. The first kappa shape index (κ1) is 4.96. The van der Waals surface area contributed by atoms with Gasteiger partial charge in [-0.15, -0.1) is 5.11 Å². The Hall–Kier alpha value is -1.19. The number of hydrogen-bond acceptors (Lipinski definition) is 4. The predicted octanol–water partition coefficient (Wildman–Crippen LogP) is 0.467. The van der Waals surface area contributed by atoms with Crippen LogP contribution >= 0.6 is 0 Å². The third-order valence-corrected chi connectivity index (χ3v) is 0.711. The molecule has 0 saturated carbocycles. The maximum Gasteiger partial charge on any atom is 0.151 e. The minimum atomic E-state index is 0.243. The highest BCUT2D eigenvalue weighted by Crippen LogP contribution is 1.98. The van der Waals surface area contributed by atoms with Crippen LogP contribution in [0.15, 0.2) is 22.2 Å². The molecule has 42 valence electrons. The van der Waals surface area contributed by atoms with E-state index in [-0.39, 0.29) is 6.61 Å². The monoisotopic (exact) mass is 112 g/mol. The van der Waals surface area contributed by atoms with Crippen LogP contribution in [-0.4, -0.2) is 12.9 Å². The molecule has 0 saturated heterocycles. The Morgan fingerprint density at radius 2 is 2.75 bits per heavy atom. The predicted molar refractivity (Wildman–Crippen MR) is 25.0 cm³/mol. The van der Waals surface area contributed by atoms with Gasteiger partial charge in [0.2, 0.25) is 0 Å². The highest BCUT2D eigenvalue weighted by Gasteiger charge is 1.97. The van der Waals surface area contributed by atoms with Gasteiger partial charge in [0.25, 0.3) is 0 Å². The fraction of sp³-hybridized carbons (Fsp3) is 0.250. The Morgan fingerprint density at radius 3 is 3.12 bits per heavy atom. The standard InChI is InChI=1S/C4H4N2O2/c7-2-4-1-5-6-8-3-4/h1-2H,3H2. The summed E-state index contributed by atoms with van der Waals surface area (Å²) in [6.07, 6.45) is 2.06. The van der Waals surface area contributed by atoms with Gasteiger partial charge in [0.15, 0.2) is 6.29 Å². The maximum absolute atomic E-state index is 9.91. The molecule has 4 heteroatoms. The summed E-state index contributed by atoms with van der Waals surface area (Å²) in [7, 11) is 0. The molecule has 1 aliphatic heterocycles. The van der Waals surface area contributed by atoms with Crippen molar-refractivity contribution in [2.75, 3.05) is 6.61 Å². The van der Waals surface area contributed by atoms with Crippen molar-refractivity contribution in [2.24, 2.45) is 10.4 Å². The van der Waals surface area contributed by atoms with Gasteiger partial charge in [-0.2, -0.15) is 0 Å². The third-order valence-electron chi connectivity index (χ3n) is 0.711. The van der Waals surface area contributed by atoms with Crippen molar-refractivity contribution in [1.82, 2.24) is 0 Å². The quantitative estimate of drug-likeness (QED) is 0.463. The Labute approximate surface area is 45.8 Å². The van der Waals surface area contributed by atoms with E-state index in [0.717, 1.165) is 0 Å². The summed E-state index contributed by atoms with van der Waals surface area (Å²) in [5, 5.41) is 6.50. The fourth-order valence-corrected chi connectivity index (χ4v) is 0.336. The van der Waals surface area contributed by atoms with Gasteiger partial charge in [0.05, 0.1) is 11.8 Å². The summed E-state index contributed by atoms with van der Waals surface area (Å²) in [6, 6.07) is 0. The zero-order chi connectivity index (χ0) is 5.82. The summed E-state index contributed by atoms with van der Waals surface area (Å²) in [4.78, 5) is 14.3. The van der Waals surface area contributed by atoms with E-state index in [1.165, 1.54) is 6.20 Å². The van der Waals surface area contributed by atoms with Gasteiger partial charge in [-0.1, -0.05) is 0 Å². The van der Waals surface area contributed by atoms with E-state index in [9.17, 15) is 4.79 Å². The molecular weight excluding hydrogens is 108 g/mol. The van der Waals surface area contributed by atoms with Gasteiger partial charge in [-0.25, -0.2) is 0 Å². The molecule has 1 rings (SSSR count). The molecule has 1 heterocycles. The molecule has 0 amide bonds. The van der Waals surface area contributed by atoms with Gasteiger partial charge in [-0.05, 0) is 0 Å². The number of nitrogens with zero attached hydrogens (tertiary/aromatic N) is 2. The zero-order valence-corrected chi connectivity index (χ0v) is 4.07. The molecule has 0 N–H and O–H groups in total. The first-order valence-electron chi connectivity index (χ1n) is 2.10. The van der Waals surface area contributed by atoms with Crippen molar-refractivity contribution in [3.05, 3.63) is 11.8 Å². The zero-order valence-electron chi connectivity index (χ0n) is 4.07. The second-order valence-electron chi connectivity index (χ2n) is 1.29. The molecule has 4 nitrogen and oxygen atoms in total. The van der Waals surface area contributed by atoms with E-state index in [0.29, 0.717) is 11.9 Å². The summed E-state index contributed by atoms with van der Waals surface area (Å²) in [5.41, 5.74) is 0.514. The lowest BCUT2D eigenvalue weighted by molar-refractivity contribution is -0.105. The summed E-state index contributed by atoms with van der Waals surface area (Å²) in [5.74, 6) is 0. The second kappa shape index (κ2) is 2.20. The van der Waals surface area contributed by atoms with E-state index in [1.807, 2.05) is 0 Å². The molecule has 0 fully saturated rings. The van der Waals surface area contributed by atoms with Crippen LogP contribution in [0.1, 0.15) is 0 Å². The van der Waals surface area contributed by atoms with Crippen molar-refractivity contribution >= 4 is 6.29 Å². The molecular formula is C4H4N2O2. The molecule has 0 aromatic rings. The Bertz CT molecular complexity index is 150. The van der Waals surface area contributed by atoms with Crippen molar-refractivity contribution in [3.8, 4) is 0 Å². The van der Waals surface area contributed by atoms with Crippen LogP contribution in [0, 0.1) is 0 Å². The number of hydrogen-bond donors (Lipinski definition) is 0. The molecule has 0 bridgehead atoms. The fourth-order valence-electron chi connectivity index (χ4n) is 0.336. The number of rotatable bonds is 1. The third kappa shape index (κ3) is 0.900. The average molecular weight is 112 g/mol. The first-order valence-corrected chi connectivity index (χ1v) is 2.10. The van der Waals surface area contributed by atoms with Crippen LogP contribution in [0.25, 0.3) is 0 Å². The highest BCUT2D eigenvalue weighted by molar-refractivity contribution is 5.73. The van der Waals surface area contributed by atoms with Gasteiger partial charge < -0.3 is 4.84 Å². The molecule has 1 aliphatic rings. The van der Waals surface area contributed by atoms with Crippen LogP contribution in [0.5, 0.6) is 0 Å². The average Bonchev–Trinajstić information content (AvgIpc) is 1.90. The van der Waals surface area contributed by atoms with Crippen molar-refractivity contribution in [3.63, 3.8) is 0 Å². The van der Waals surface area contributed by atoms with Crippen molar-refractivity contribution in [2.45, 2.75) is 0 Å². The number of carbonyl (C=O) groups excluding carboxylic acids is 1. The molecule has 0 aromatic heterocycles. The lowest BCUT2D eigenvalue weighted by Gasteiger charge is -1.97. The summed E-state index contributed by atoms with van der Waals surface area (Å²) < 4.78 is 0. The van der Waals surface area contributed by atoms with Crippen LogP contribution in [0.2, 0.25) is 0 Å². The topological polar surface area (TPSA) is 51.0 Å². The van der Waals surface area contributed by atoms with Gasteiger partial charge in [0.1, 0.15) is 6.61 Å². The highest BCUT2D eigenvalue weighted by atomic mass is 16.6. The van der Waals surface area contributed by atoms with E-state index in [1.54, 1.807) is 0 Å². The normalized spacial score (nSPS) is 16.8. The lowest BCUT2D eigenvalue weighted by Crippen LogP contribution is -1.96. The smallest absolute Gasteiger partial charge is 0.151 e. The van der Waals surface area contributed by atoms with Crippen molar-refractivity contribution in [1.29, 1.82) is 0 Å². The minimum Gasteiger partial charge on any atom is -0.374 e. The molecule has 0 unspecified atom stereocenters. The van der Waals surface area contributed by atoms with Crippen molar-refractivity contribution < 1.29 is 9.63 Å². The molecule has 8 heavy (non-hydrogen) atoms. The van der Waals surface area contributed by atoms with Crippen LogP contribution in [0.3, 0.4) is 0 Å². The van der Waals surface area contributed by atoms with Gasteiger partial charge in [-0.3, -0.25) is 4.79 Å². The van der Waals surface area contributed by atoms with E-state index in [2.05, 4.69) is 15.2 Å². The molecule has 0 aliphatic carbocycles. The van der Waals surface area contributed by atoms with E-state index < -0.39 is 0 Å². The van der Waals surface area contributed by atoms with Crippen LogP contribution < -0.4 is 0 Å². The lowest BCUT2D eigenvalue weighted by atomic mass is 10.3. The maximum atomic E-state index is 9.91. The number of aldehydes is 1. The number of carbonyl (C=O) groups is 1. The molecule has 0 atom stereocenters.